The van der Waals surface area contributed by atoms with E-state index < -0.39 is 0 Å². The van der Waals surface area contributed by atoms with Crippen molar-refractivity contribution in [2.75, 3.05) is 11.9 Å². The zero-order valence-electron chi connectivity index (χ0n) is 10.4. The molecule has 1 atom stereocenters. The molecule has 0 spiro atoms. The van der Waals surface area contributed by atoms with E-state index in [9.17, 15) is 9.59 Å². The number of carbonyl (C=O) groups is 2. The predicted octanol–water partition coefficient (Wildman–Crippen LogP) is 1.55. The summed E-state index contributed by atoms with van der Waals surface area (Å²) >= 11 is 0. The molecule has 1 aliphatic rings. The molecule has 2 N–H and O–H groups in total. The zero-order chi connectivity index (χ0) is 13.1. The molecule has 0 radical (unpaired) electrons. The van der Waals surface area contributed by atoms with Gasteiger partial charge in [0.15, 0.2) is 12.4 Å². The van der Waals surface area contributed by atoms with Gasteiger partial charge >= 0.3 is 0 Å². The summed E-state index contributed by atoms with van der Waals surface area (Å²) in [5, 5.41) is 5.55. The first kappa shape index (κ1) is 12.4. The average molecular weight is 248 g/mol. The van der Waals surface area contributed by atoms with E-state index >= 15 is 0 Å². The molecule has 18 heavy (non-hydrogen) atoms. The largest absolute Gasteiger partial charge is 0.481 e. The lowest BCUT2D eigenvalue weighted by Crippen LogP contribution is -2.33. The summed E-state index contributed by atoms with van der Waals surface area (Å²) in [5.41, 5.74) is 0.996. The predicted molar refractivity (Wildman–Crippen MR) is 67.8 cm³/mol. The normalized spacial score (nSPS) is 15.1. The molecule has 96 valence electrons. The van der Waals surface area contributed by atoms with Gasteiger partial charge in [0.1, 0.15) is 0 Å². The molecule has 2 amide bonds. The van der Waals surface area contributed by atoms with Gasteiger partial charge in [0.2, 0.25) is 0 Å². The first-order valence-corrected chi connectivity index (χ1v) is 5.98. The Kier molecular flexibility index (Phi) is 3.50. The fourth-order valence-corrected chi connectivity index (χ4v) is 1.70. The van der Waals surface area contributed by atoms with Crippen LogP contribution < -0.4 is 15.4 Å². The van der Waals surface area contributed by atoms with Gasteiger partial charge in [-0.25, -0.2) is 0 Å². The van der Waals surface area contributed by atoms with Gasteiger partial charge in [-0.15, -0.1) is 0 Å². The minimum absolute atomic E-state index is 0.0549. The van der Waals surface area contributed by atoms with Crippen LogP contribution in [0.3, 0.4) is 0 Å². The van der Waals surface area contributed by atoms with Crippen molar-refractivity contribution in [3.63, 3.8) is 0 Å². The van der Waals surface area contributed by atoms with Crippen molar-refractivity contribution < 1.29 is 14.3 Å². The second kappa shape index (κ2) is 5.08. The smallest absolute Gasteiger partial charge is 0.262 e. The van der Waals surface area contributed by atoms with E-state index in [4.69, 9.17) is 4.74 Å². The molecule has 1 aromatic rings. The maximum absolute atomic E-state index is 12.1. The van der Waals surface area contributed by atoms with Crippen molar-refractivity contribution in [2.24, 2.45) is 0 Å². The van der Waals surface area contributed by atoms with Crippen LogP contribution in [0.4, 0.5) is 5.69 Å². The highest BCUT2D eigenvalue weighted by molar-refractivity contribution is 6.03. The van der Waals surface area contributed by atoms with Gasteiger partial charge in [-0.2, -0.15) is 0 Å². The summed E-state index contributed by atoms with van der Waals surface area (Å²) in [4.78, 5) is 23.3. The molecular weight excluding hydrogens is 232 g/mol. The van der Waals surface area contributed by atoms with Crippen LogP contribution in [0.1, 0.15) is 30.6 Å². The third kappa shape index (κ3) is 2.45. The fraction of sp³-hybridized carbons (Fsp3) is 0.385. The maximum Gasteiger partial charge on any atom is 0.262 e. The number of hydrogen-bond acceptors (Lipinski definition) is 3. The van der Waals surface area contributed by atoms with E-state index in [0.29, 0.717) is 17.0 Å². The summed E-state index contributed by atoms with van der Waals surface area (Å²) < 4.78 is 5.33. The Morgan fingerprint density at radius 3 is 3.06 bits per heavy atom. The number of para-hydroxylation sites is 1. The van der Waals surface area contributed by atoms with Crippen LogP contribution in [-0.4, -0.2) is 24.5 Å². The molecule has 5 heteroatoms. The maximum atomic E-state index is 12.1. The van der Waals surface area contributed by atoms with Gasteiger partial charge < -0.3 is 15.4 Å². The van der Waals surface area contributed by atoms with Crippen LogP contribution in [-0.2, 0) is 4.79 Å². The Bertz CT molecular complexity index is 485. The summed E-state index contributed by atoms with van der Waals surface area (Å²) in [6.07, 6.45) is 0.859. The minimum atomic E-state index is -0.206. The van der Waals surface area contributed by atoms with E-state index in [2.05, 4.69) is 10.6 Å². The fourth-order valence-electron chi connectivity index (χ4n) is 1.70. The van der Waals surface area contributed by atoms with Crippen LogP contribution >= 0.6 is 0 Å². The first-order chi connectivity index (χ1) is 8.61. The number of benzene rings is 1. The molecule has 1 heterocycles. The molecule has 0 fully saturated rings. The molecule has 0 aliphatic carbocycles. The Morgan fingerprint density at radius 1 is 1.56 bits per heavy atom. The summed E-state index contributed by atoms with van der Waals surface area (Å²) in [7, 11) is 0. The SMILES string of the molecule is CCC(C)NC(=O)c1cccc2c1OCC(=O)N2. The Balaban J connectivity index is 2.26. The number of ether oxygens (including phenoxy) is 1. The van der Waals surface area contributed by atoms with Crippen LogP contribution in [0.15, 0.2) is 18.2 Å². The third-order valence-corrected chi connectivity index (χ3v) is 2.87. The molecule has 0 saturated heterocycles. The van der Waals surface area contributed by atoms with Gasteiger partial charge in [-0.1, -0.05) is 13.0 Å². The Morgan fingerprint density at radius 2 is 2.33 bits per heavy atom. The second-order valence-electron chi connectivity index (χ2n) is 4.30. The van der Waals surface area contributed by atoms with Crippen molar-refractivity contribution in [1.82, 2.24) is 5.32 Å². The van der Waals surface area contributed by atoms with Crippen molar-refractivity contribution in [3.05, 3.63) is 23.8 Å². The zero-order valence-corrected chi connectivity index (χ0v) is 10.4. The number of anilines is 1. The van der Waals surface area contributed by atoms with Gasteiger partial charge in [-0.3, -0.25) is 9.59 Å². The number of fused-ring (bicyclic) bond motifs is 1. The summed E-state index contributed by atoms with van der Waals surface area (Å²) in [6.45, 7) is 3.89. The van der Waals surface area contributed by atoms with Crippen LogP contribution in [0.5, 0.6) is 5.75 Å². The average Bonchev–Trinajstić information content (AvgIpc) is 2.37. The third-order valence-electron chi connectivity index (χ3n) is 2.87. The van der Waals surface area contributed by atoms with E-state index in [1.165, 1.54) is 0 Å². The van der Waals surface area contributed by atoms with E-state index in [1.54, 1.807) is 18.2 Å². The highest BCUT2D eigenvalue weighted by Gasteiger charge is 2.22. The Labute approximate surface area is 106 Å². The molecule has 1 aliphatic heterocycles. The van der Waals surface area contributed by atoms with Crippen LogP contribution in [0.25, 0.3) is 0 Å². The van der Waals surface area contributed by atoms with Gasteiger partial charge in [0.05, 0.1) is 11.3 Å². The number of rotatable bonds is 3. The molecule has 0 saturated carbocycles. The van der Waals surface area contributed by atoms with Crippen molar-refractivity contribution >= 4 is 17.5 Å². The number of carbonyl (C=O) groups excluding carboxylic acids is 2. The van der Waals surface area contributed by atoms with Gasteiger partial charge in [0.25, 0.3) is 11.8 Å². The lowest BCUT2D eigenvalue weighted by atomic mass is 10.1. The summed E-state index contributed by atoms with van der Waals surface area (Å²) in [5.74, 6) is 0.0530. The van der Waals surface area contributed by atoms with Crippen molar-refractivity contribution in [3.8, 4) is 5.75 Å². The topological polar surface area (TPSA) is 67.4 Å². The molecule has 5 nitrogen and oxygen atoms in total. The highest BCUT2D eigenvalue weighted by Crippen LogP contribution is 2.31. The molecule has 0 bridgehead atoms. The van der Waals surface area contributed by atoms with Crippen molar-refractivity contribution in [1.29, 1.82) is 0 Å². The molecule has 1 unspecified atom stereocenters. The molecule has 1 aromatic carbocycles. The Hall–Kier alpha value is -2.04. The van der Waals surface area contributed by atoms with E-state index in [0.717, 1.165) is 6.42 Å². The van der Waals surface area contributed by atoms with Crippen LogP contribution in [0.2, 0.25) is 0 Å². The van der Waals surface area contributed by atoms with Crippen LogP contribution in [0, 0.1) is 0 Å². The van der Waals surface area contributed by atoms with Gasteiger partial charge in [0, 0.05) is 6.04 Å². The second-order valence-corrected chi connectivity index (χ2v) is 4.30. The van der Waals surface area contributed by atoms with E-state index in [-0.39, 0.29) is 24.5 Å². The minimum Gasteiger partial charge on any atom is -0.481 e. The quantitative estimate of drug-likeness (QED) is 0.852. The standard InChI is InChI=1S/C13H16N2O3/c1-3-8(2)14-13(17)9-5-4-6-10-12(9)18-7-11(16)15-10/h4-6,8H,3,7H2,1-2H3,(H,14,17)(H,15,16). The number of hydrogen-bond donors (Lipinski definition) is 2. The first-order valence-electron chi connectivity index (χ1n) is 5.98. The molecule has 0 aromatic heterocycles. The molecular formula is C13H16N2O3. The summed E-state index contributed by atoms with van der Waals surface area (Å²) in [6, 6.07) is 5.23. The van der Waals surface area contributed by atoms with E-state index in [1.807, 2.05) is 13.8 Å². The van der Waals surface area contributed by atoms with Crippen molar-refractivity contribution in [2.45, 2.75) is 26.3 Å². The van der Waals surface area contributed by atoms with Gasteiger partial charge in [-0.05, 0) is 25.5 Å². The lowest BCUT2D eigenvalue weighted by molar-refractivity contribution is -0.118. The number of amides is 2. The highest BCUT2D eigenvalue weighted by atomic mass is 16.5. The number of nitrogens with one attached hydrogen (secondary N) is 2. The monoisotopic (exact) mass is 248 g/mol. The molecule has 2 rings (SSSR count). The lowest BCUT2D eigenvalue weighted by Gasteiger charge is -2.21.